The van der Waals surface area contributed by atoms with Crippen LogP contribution in [-0.4, -0.2) is 140 Å². The average molecular weight is 1350 g/mol. The second kappa shape index (κ2) is 65.0. The number of ether oxygens (including phenoxy) is 4. The van der Waals surface area contributed by atoms with Crippen LogP contribution in [0, 0.1) is 0 Å². The van der Waals surface area contributed by atoms with Crippen LogP contribution in [0.25, 0.3) is 0 Å². The Morgan fingerprint density at radius 2 is 0.729 bits per heavy atom. The number of nitrogens with one attached hydrogen (secondary N) is 1. The van der Waals surface area contributed by atoms with Crippen LogP contribution in [0.5, 0.6) is 0 Å². The second-order valence-corrected chi connectivity index (χ2v) is 27.1. The normalized spacial score (nSPS) is 22.9. The van der Waals surface area contributed by atoms with E-state index in [1.165, 1.54) is 193 Å². The van der Waals surface area contributed by atoms with E-state index in [1.807, 2.05) is 6.08 Å². The Hall–Kier alpha value is -3.35. The van der Waals surface area contributed by atoms with Crippen LogP contribution in [0.4, 0.5) is 0 Å². The first kappa shape index (κ1) is 88.7. The summed E-state index contributed by atoms with van der Waals surface area (Å²) >= 11 is 0. The molecule has 14 nitrogen and oxygen atoms in total. The number of unbranched alkanes of at least 4 members (excludes halogenated alkanes) is 35. The third kappa shape index (κ3) is 47.7. The van der Waals surface area contributed by atoms with Gasteiger partial charge in [0.2, 0.25) is 5.91 Å². The van der Waals surface area contributed by atoms with Gasteiger partial charge in [0.1, 0.15) is 48.8 Å². The predicted octanol–water partition coefficient (Wildman–Crippen LogP) is 17.5. The van der Waals surface area contributed by atoms with Gasteiger partial charge >= 0.3 is 0 Å². The highest BCUT2D eigenvalue weighted by atomic mass is 16.7. The van der Waals surface area contributed by atoms with Gasteiger partial charge in [-0.25, -0.2) is 0 Å². The van der Waals surface area contributed by atoms with Crippen molar-refractivity contribution >= 4 is 5.91 Å². The minimum atomic E-state index is -1.80. The summed E-state index contributed by atoms with van der Waals surface area (Å²) in [5.74, 6) is -0.255. The summed E-state index contributed by atoms with van der Waals surface area (Å²) in [6, 6.07) is -0.947. The van der Waals surface area contributed by atoms with Crippen LogP contribution in [0.1, 0.15) is 309 Å². The maximum Gasteiger partial charge on any atom is 0.220 e. The first-order chi connectivity index (χ1) is 47.1. The molecule has 554 valence electrons. The van der Waals surface area contributed by atoms with Crippen molar-refractivity contribution in [1.29, 1.82) is 0 Å². The van der Waals surface area contributed by atoms with Crippen molar-refractivity contribution in [3.63, 3.8) is 0 Å². The van der Waals surface area contributed by atoms with E-state index >= 15 is 0 Å². The number of hydrogen-bond acceptors (Lipinski definition) is 13. The minimum absolute atomic E-state index is 0.255. The zero-order valence-electron chi connectivity index (χ0n) is 60.6. The van der Waals surface area contributed by atoms with Gasteiger partial charge in [0.25, 0.3) is 0 Å². The molecule has 0 aromatic carbocycles. The molecule has 0 bridgehead atoms. The van der Waals surface area contributed by atoms with Gasteiger partial charge in [-0.05, 0) is 96.3 Å². The minimum Gasteiger partial charge on any atom is -0.394 e. The summed E-state index contributed by atoms with van der Waals surface area (Å²) < 4.78 is 22.9. The van der Waals surface area contributed by atoms with Gasteiger partial charge in [0.05, 0.1) is 32.0 Å². The smallest absolute Gasteiger partial charge is 0.220 e. The van der Waals surface area contributed by atoms with Gasteiger partial charge in [-0.1, -0.05) is 316 Å². The summed E-state index contributed by atoms with van der Waals surface area (Å²) in [5, 5.41) is 87.6. The summed E-state index contributed by atoms with van der Waals surface area (Å²) in [4.78, 5) is 13.4. The third-order valence-corrected chi connectivity index (χ3v) is 18.4. The number of hydrogen-bond donors (Lipinski definition) is 9. The van der Waals surface area contributed by atoms with E-state index in [1.54, 1.807) is 6.08 Å². The molecule has 12 unspecified atom stereocenters. The van der Waals surface area contributed by atoms with E-state index in [9.17, 15) is 45.6 Å². The summed E-state index contributed by atoms with van der Waals surface area (Å²) in [6.07, 6.45) is 77.3. The highest BCUT2D eigenvalue weighted by Gasteiger charge is 2.51. The lowest BCUT2D eigenvalue weighted by atomic mass is 9.97. The molecule has 2 rings (SSSR count). The van der Waals surface area contributed by atoms with Crippen LogP contribution in [-0.2, 0) is 23.7 Å². The zero-order valence-corrected chi connectivity index (χ0v) is 60.6. The second-order valence-electron chi connectivity index (χ2n) is 27.1. The molecule has 0 aliphatic carbocycles. The van der Waals surface area contributed by atoms with Gasteiger partial charge in [-0.3, -0.25) is 4.79 Å². The Morgan fingerprint density at radius 3 is 1.15 bits per heavy atom. The maximum absolute atomic E-state index is 13.4. The summed E-state index contributed by atoms with van der Waals surface area (Å²) in [6.45, 7) is 2.69. The van der Waals surface area contributed by atoms with E-state index in [-0.39, 0.29) is 18.9 Å². The van der Waals surface area contributed by atoms with Crippen molar-refractivity contribution in [3.05, 3.63) is 109 Å². The Bertz CT molecular complexity index is 2030. The zero-order chi connectivity index (χ0) is 69.4. The third-order valence-electron chi connectivity index (χ3n) is 18.4. The molecule has 12 atom stereocenters. The Morgan fingerprint density at radius 1 is 0.385 bits per heavy atom. The van der Waals surface area contributed by atoms with Crippen molar-refractivity contribution in [2.75, 3.05) is 19.8 Å². The molecule has 0 aromatic heterocycles. The van der Waals surface area contributed by atoms with E-state index < -0.39 is 86.8 Å². The lowest BCUT2D eigenvalue weighted by Crippen LogP contribution is -2.65. The summed E-state index contributed by atoms with van der Waals surface area (Å²) in [7, 11) is 0. The number of carbonyl (C=O) groups is 1. The SMILES string of the molecule is CC/C=C\C/C=C\C/C=C\C/C=C\C/C=C\C/C=C\CCCCCCCCCCCCCCCCC(=O)NC(COC1OC(CO)C(OC2OC(CO)C(O)C(O)C2O)C(O)C1O)C(O)/C=C/CC/C=C/CC/C=C/CCCCCCCCCCCCCCCCCCCCC. The standard InChI is InChI=1S/C82H143NO13/c1-3-5-7-9-11-13-15-17-19-21-23-25-27-29-31-33-34-35-36-38-40-42-44-46-48-50-52-54-56-58-60-62-64-66-74(87)83-70(69-93-81-79(92)77(90)80(73(68-85)95-81)96-82-78(91)76(89)75(88)72(67-84)94-82)71(86)65-63-61-59-57-55-53-51-49-47-45-43-41-39-37-32-30-28-26-24-22-20-18-16-14-12-10-8-6-4-2/h5,7,11,13,17,19,23,25,29,31,34-35,47,49,55,57,63,65,70-73,75-82,84-86,88-92H,3-4,6,8-10,12,14-16,18,20-22,24,26-28,30,32-33,36-46,48,50-54,56,58-62,64,66-69H2,1-2H3,(H,83,87)/b7-5-,13-11-,19-17-,25-23-,31-29-,35-34-,49-47+,57-55+,65-63+. The van der Waals surface area contributed by atoms with Gasteiger partial charge in [0, 0.05) is 6.42 Å². The molecule has 2 heterocycles. The fourth-order valence-corrected chi connectivity index (χ4v) is 12.3. The number of rotatable bonds is 64. The van der Waals surface area contributed by atoms with Crippen LogP contribution in [0.15, 0.2) is 109 Å². The molecule has 0 radical (unpaired) electrons. The summed E-state index contributed by atoms with van der Waals surface area (Å²) in [5.41, 5.74) is 0. The van der Waals surface area contributed by atoms with Crippen molar-refractivity contribution in [2.45, 2.75) is 383 Å². The van der Waals surface area contributed by atoms with E-state index in [0.717, 1.165) is 83.5 Å². The molecule has 9 N–H and O–H groups in total. The van der Waals surface area contributed by atoms with Crippen molar-refractivity contribution in [2.24, 2.45) is 0 Å². The van der Waals surface area contributed by atoms with Gasteiger partial charge < -0.3 is 65.1 Å². The molecule has 2 aliphatic rings. The molecule has 2 aliphatic heterocycles. The molecular weight excluding hydrogens is 1210 g/mol. The molecule has 0 spiro atoms. The topological polar surface area (TPSA) is 228 Å². The number of carbonyl (C=O) groups excluding carboxylic acids is 1. The monoisotopic (exact) mass is 1350 g/mol. The Kier molecular flexibility index (Phi) is 60.1. The molecule has 2 saturated heterocycles. The lowest BCUT2D eigenvalue weighted by Gasteiger charge is -2.46. The molecular formula is C82H143NO13. The van der Waals surface area contributed by atoms with E-state index in [2.05, 4.69) is 116 Å². The Labute approximate surface area is 585 Å². The number of amides is 1. The highest BCUT2D eigenvalue weighted by Crippen LogP contribution is 2.30. The molecule has 96 heavy (non-hydrogen) atoms. The molecule has 2 fully saturated rings. The molecule has 1 amide bonds. The van der Waals surface area contributed by atoms with Gasteiger partial charge in [-0.2, -0.15) is 0 Å². The quantitative estimate of drug-likeness (QED) is 0.0204. The molecule has 0 aromatic rings. The van der Waals surface area contributed by atoms with Gasteiger partial charge in [-0.15, -0.1) is 0 Å². The fourth-order valence-electron chi connectivity index (χ4n) is 12.3. The number of aliphatic hydroxyl groups excluding tert-OH is 8. The lowest BCUT2D eigenvalue weighted by molar-refractivity contribution is -0.359. The van der Waals surface area contributed by atoms with E-state index in [0.29, 0.717) is 12.8 Å². The van der Waals surface area contributed by atoms with Crippen molar-refractivity contribution < 1.29 is 64.6 Å². The van der Waals surface area contributed by atoms with Crippen LogP contribution in [0.2, 0.25) is 0 Å². The molecule has 0 saturated carbocycles. The van der Waals surface area contributed by atoms with Crippen LogP contribution >= 0.6 is 0 Å². The Balaban J connectivity index is 1.66. The van der Waals surface area contributed by atoms with E-state index in [4.69, 9.17) is 18.9 Å². The molecule has 14 heteroatoms. The number of aliphatic hydroxyl groups is 8. The fraction of sp³-hybridized carbons (Fsp3) is 0.768. The first-order valence-corrected chi connectivity index (χ1v) is 39.1. The first-order valence-electron chi connectivity index (χ1n) is 39.1. The average Bonchev–Trinajstić information content (AvgIpc) is 0.812. The van der Waals surface area contributed by atoms with Gasteiger partial charge in [0.15, 0.2) is 12.6 Å². The van der Waals surface area contributed by atoms with Crippen molar-refractivity contribution in [1.82, 2.24) is 5.32 Å². The predicted molar refractivity (Wildman–Crippen MR) is 396 cm³/mol. The van der Waals surface area contributed by atoms with Crippen molar-refractivity contribution in [3.8, 4) is 0 Å². The highest BCUT2D eigenvalue weighted by molar-refractivity contribution is 5.76. The van der Waals surface area contributed by atoms with Crippen LogP contribution in [0.3, 0.4) is 0 Å². The van der Waals surface area contributed by atoms with Crippen LogP contribution < -0.4 is 5.32 Å². The number of allylic oxidation sites excluding steroid dienone is 17. The maximum atomic E-state index is 13.4. The largest absolute Gasteiger partial charge is 0.394 e.